The van der Waals surface area contributed by atoms with E-state index in [0.29, 0.717) is 11.8 Å². The van der Waals surface area contributed by atoms with Crippen molar-refractivity contribution >= 4 is 11.6 Å². The van der Waals surface area contributed by atoms with Crippen LogP contribution in [0.25, 0.3) is 5.69 Å². The predicted molar refractivity (Wildman–Crippen MR) is 107 cm³/mol. The molecule has 1 aliphatic heterocycles. The summed E-state index contributed by atoms with van der Waals surface area (Å²) in [6, 6.07) is 6.13. The second-order valence-electron chi connectivity index (χ2n) is 8.13. The average Bonchev–Trinajstić information content (AvgIpc) is 3.25. The van der Waals surface area contributed by atoms with Gasteiger partial charge in [-0.2, -0.15) is 0 Å². The summed E-state index contributed by atoms with van der Waals surface area (Å²) < 4.78 is 7.92. The zero-order valence-corrected chi connectivity index (χ0v) is 17.0. The second-order valence-corrected chi connectivity index (χ2v) is 8.57. The van der Waals surface area contributed by atoms with Gasteiger partial charge in [0.1, 0.15) is 12.1 Å². The van der Waals surface area contributed by atoms with Gasteiger partial charge in [-0.15, -0.1) is 10.2 Å². The summed E-state index contributed by atoms with van der Waals surface area (Å²) in [7, 11) is 2.11. The minimum Gasteiger partial charge on any atom is -0.448 e. The Hall–Kier alpha value is -2.18. The summed E-state index contributed by atoms with van der Waals surface area (Å²) in [5, 5.41) is 9.96. The Balaban J connectivity index is 1.45. The largest absolute Gasteiger partial charge is 0.448 e. The van der Waals surface area contributed by atoms with Gasteiger partial charge in [0.05, 0.1) is 17.9 Å². The van der Waals surface area contributed by atoms with E-state index in [9.17, 15) is 0 Å². The molecule has 0 atom stereocenters. The molecule has 2 aliphatic rings. The first-order valence-electron chi connectivity index (χ1n) is 9.92. The van der Waals surface area contributed by atoms with Crippen LogP contribution in [0.2, 0.25) is 5.02 Å². The van der Waals surface area contributed by atoms with E-state index in [1.807, 2.05) is 13.0 Å². The molecule has 6 nitrogen and oxygen atoms in total. The predicted octanol–water partition coefficient (Wildman–Crippen LogP) is 4.60. The maximum Gasteiger partial charge on any atom is 0.197 e. The van der Waals surface area contributed by atoms with Gasteiger partial charge in [0.2, 0.25) is 0 Å². The van der Waals surface area contributed by atoms with Gasteiger partial charge in [0.25, 0.3) is 0 Å². The molecule has 1 aromatic carbocycles. The van der Waals surface area contributed by atoms with Crippen molar-refractivity contribution in [2.24, 2.45) is 0 Å². The lowest BCUT2D eigenvalue weighted by molar-refractivity contribution is 0.314. The molecule has 2 aromatic heterocycles. The van der Waals surface area contributed by atoms with Crippen molar-refractivity contribution in [3.8, 4) is 5.69 Å². The average molecular weight is 398 g/mol. The maximum atomic E-state index is 6.27. The topological polar surface area (TPSA) is 60.0 Å². The summed E-state index contributed by atoms with van der Waals surface area (Å²) in [5.74, 6) is 3.78. The Morgan fingerprint density at radius 1 is 1.07 bits per heavy atom. The van der Waals surface area contributed by atoms with E-state index in [0.717, 1.165) is 72.7 Å². The molecule has 0 spiro atoms. The molecule has 0 unspecified atom stereocenters. The first-order chi connectivity index (χ1) is 13.6. The van der Waals surface area contributed by atoms with Gasteiger partial charge in [-0.05, 0) is 63.4 Å². The highest BCUT2D eigenvalue weighted by Gasteiger charge is 2.31. The molecule has 1 aliphatic carbocycles. The molecule has 7 heteroatoms. The number of fused-ring (bicyclic) bond motifs is 3. The highest BCUT2D eigenvalue weighted by atomic mass is 35.5. The van der Waals surface area contributed by atoms with Gasteiger partial charge < -0.3 is 4.42 Å². The summed E-state index contributed by atoms with van der Waals surface area (Å²) in [4.78, 5) is 6.79. The summed E-state index contributed by atoms with van der Waals surface area (Å²) in [6.07, 6.45) is 6.03. The van der Waals surface area contributed by atoms with Crippen molar-refractivity contribution in [2.45, 2.75) is 57.5 Å². The summed E-state index contributed by atoms with van der Waals surface area (Å²) in [6.45, 7) is 3.62. The number of rotatable bonds is 2. The Morgan fingerprint density at radius 3 is 2.61 bits per heavy atom. The third-order valence-electron chi connectivity index (χ3n) is 5.97. The van der Waals surface area contributed by atoms with Crippen LogP contribution in [0.1, 0.15) is 66.3 Å². The number of hydrogen-bond donors (Lipinski definition) is 0. The van der Waals surface area contributed by atoms with Gasteiger partial charge in [0.15, 0.2) is 11.7 Å². The van der Waals surface area contributed by atoms with Crippen molar-refractivity contribution in [3.05, 3.63) is 58.3 Å². The SMILES string of the molecule is Cc1coc([C@H]2CC[C@H](c3nnc4n3-c3ccc(Cl)cc3CN(C)C4)CC2)n1. The molecule has 0 radical (unpaired) electrons. The summed E-state index contributed by atoms with van der Waals surface area (Å²) >= 11 is 6.27. The number of halogens is 1. The van der Waals surface area contributed by atoms with Crippen molar-refractivity contribution in [1.82, 2.24) is 24.6 Å². The molecule has 0 bridgehead atoms. The minimum absolute atomic E-state index is 0.403. The number of aryl methyl sites for hydroxylation is 1. The van der Waals surface area contributed by atoms with Crippen LogP contribution in [-0.2, 0) is 13.1 Å². The van der Waals surface area contributed by atoms with Crippen LogP contribution in [0.3, 0.4) is 0 Å². The maximum absolute atomic E-state index is 6.27. The van der Waals surface area contributed by atoms with E-state index in [1.54, 1.807) is 6.26 Å². The van der Waals surface area contributed by atoms with Gasteiger partial charge in [-0.1, -0.05) is 11.6 Å². The molecule has 146 valence electrons. The lowest BCUT2D eigenvalue weighted by Gasteiger charge is -2.26. The zero-order valence-electron chi connectivity index (χ0n) is 16.2. The van der Waals surface area contributed by atoms with Gasteiger partial charge in [-0.3, -0.25) is 9.47 Å². The highest BCUT2D eigenvalue weighted by Crippen LogP contribution is 2.41. The third-order valence-corrected chi connectivity index (χ3v) is 6.20. The number of hydrogen-bond acceptors (Lipinski definition) is 5. The number of aromatic nitrogens is 4. The second kappa shape index (κ2) is 7.01. The van der Waals surface area contributed by atoms with Crippen molar-refractivity contribution in [3.63, 3.8) is 0 Å². The zero-order chi connectivity index (χ0) is 19.3. The first kappa shape index (κ1) is 17.9. The third kappa shape index (κ3) is 3.14. The molecular formula is C21H24ClN5O. The lowest BCUT2D eigenvalue weighted by atomic mass is 9.81. The molecule has 1 fully saturated rings. The van der Waals surface area contributed by atoms with E-state index in [4.69, 9.17) is 16.0 Å². The Bertz CT molecular complexity index is 1000. The smallest absolute Gasteiger partial charge is 0.197 e. The van der Waals surface area contributed by atoms with Gasteiger partial charge >= 0.3 is 0 Å². The van der Waals surface area contributed by atoms with Crippen LogP contribution in [0.5, 0.6) is 0 Å². The fourth-order valence-corrected chi connectivity index (χ4v) is 4.80. The quantitative estimate of drug-likeness (QED) is 0.632. The van der Waals surface area contributed by atoms with Crippen LogP contribution in [0, 0.1) is 6.92 Å². The van der Waals surface area contributed by atoms with Crippen LogP contribution in [0.4, 0.5) is 0 Å². The standard InChI is InChI=1S/C21H24ClN5O/c1-13-12-28-21(23-13)15-5-3-14(4-6-15)20-25-24-19-11-26(2)10-16-9-17(22)7-8-18(16)27(19)20/h7-9,12,14-15H,3-6,10-11H2,1-2H3/t14-,15-. The Labute approximate surface area is 169 Å². The molecule has 5 rings (SSSR count). The number of oxazole rings is 1. The highest BCUT2D eigenvalue weighted by molar-refractivity contribution is 6.30. The van der Waals surface area contributed by atoms with Crippen molar-refractivity contribution in [1.29, 1.82) is 0 Å². The number of nitrogens with zero attached hydrogens (tertiary/aromatic N) is 5. The van der Waals surface area contributed by atoms with Crippen LogP contribution in [0.15, 0.2) is 28.9 Å². The Morgan fingerprint density at radius 2 is 1.86 bits per heavy atom. The molecule has 28 heavy (non-hydrogen) atoms. The first-order valence-corrected chi connectivity index (χ1v) is 10.3. The van der Waals surface area contributed by atoms with E-state index >= 15 is 0 Å². The molecular weight excluding hydrogens is 374 g/mol. The normalized spacial score (nSPS) is 22.5. The molecule has 0 amide bonds. The van der Waals surface area contributed by atoms with E-state index in [-0.39, 0.29) is 0 Å². The van der Waals surface area contributed by atoms with Crippen molar-refractivity contribution < 1.29 is 4.42 Å². The molecule has 0 N–H and O–H groups in total. The minimum atomic E-state index is 0.403. The van der Waals surface area contributed by atoms with E-state index in [1.165, 1.54) is 5.56 Å². The molecule has 3 aromatic rings. The van der Waals surface area contributed by atoms with Crippen LogP contribution >= 0.6 is 11.6 Å². The fraction of sp³-hybridized carbons (Fsp3) is 0.476. The molecule has 1 saturated carbocycles. The van der Waals surface area contributed by atoms with E-state index in [2.05, 4.69) is 43.8 Å². The summed E-state index contributed by atoms with van der Waals surface area (Å²) in [5.41, 5.74) is 3.34. The molecule has 0 saturated heterocycles. The Kier molecular flexibility index (Phi) is 4.48. The number of benzene rings is 1. The van der Waals surface area contributed by atoms with Crippen molar-refractivity contribution in [2.75, 3.05) is 7.05 Å². The molecule has 3 heterocycles. The van der Waals surface area contributed by atoms with Crippen LogP contribution in [-0.4, -0.2) is 31.7 Å². The lowest BCUT2D eigenvalue weighted by Crippen LogP contribution is -2.17. The monoisotopic (exact) mass is 397 g/mol. The van der Waals surface area contributed by atoms with Gasteiger partial charge in [-0.25, -0.2) is 4.98 Å². The van der Waals surface area contributed by atoms with Crippen LogP contribution < -0.4 is 0 Å². The van der Waals surface area contributed by atoms with Gasteiger partial charge in [0, 0.05) is 23.4 Å². The van der Waals surface area contributed by atoms with E-state index < -0.39 is 0 Å². The fourth-order valence-electron chi connectivity index (χ4n) is 4.60.